The maximum absolute atomic E-state index is 12.4. The van der Waals surface area contributed by atoms with Crippen molar-refractivity contribution in [1.29, 1.82) is 0 Å². The predicted molar refractivity (Wildman–Crippen MR) is 50.4 cm³/mol. The zero-order valence-electron chi connectivity index (χ0n) is 8.52. The summed E-state index contributed by atoms with van der Waals surface area (Å²) in [5.41, 5.74) is 0.453. The summed E-state index contributed by atoms with van der Waals surface area (Å²) in [5.74, 6) is -1.16. The van der Waals surface area contributed by atoms with Crippen LogP contribution in [-0.4, -0.2) is 33.7 Å². The van der Waals surface area contributed by atoms with E-state index < -0.39 is 12.0 Å². The van der Waals surface area contributed by atoms with Crippen LogP contribution in [0.2, 0.25) is 0 Å². The third-order valence-corrected chi connectivity index (χ3v) is 1.96. The SMILES string of the molecule is CN(C)n1cnc2cnc(C(F)(F)F)nc21. The second kappa shape index (κ2) is 3.32. The number of rotatable bonds is 1. The van der Waals surface area contributed by atoms with Gasteiger partial charge in [-0.3, -0.25) is 0 Å². The third kappa shape index (κ3) is 1.66. The third-order valence-electron chi connectivity index (χ3n) is 1.96. The molecule has 2 rings (SSSR count). The molecule has 16 heavy (non-hydrogen) atoms. The molecular weight excluding hydrogens is 223 g/mol. The Balaban J connectivity index is 2.63. The maximum atomic E-state index is 12.4. The summed E-state index contributed by atoms with van der Waals surface area (Å²) in [4.78, 5) is 10.6. The van der Waals surface area contributed by atoms with Crippen LogP contribution in [0.3, 0.4) is 0 Å². The van der Waals surface area contributed by atoms with E-state index in [0.29, 0.717) is 5.52 Å². The first kappa shape index (κ1) is 10.7. The molecule has 0 saturated heterocycles. The Hall–Kier alpha value is -1.86. The minimum absolute atomic E-state index is 0.132. The zero-order valence-corrected chi connectivity index (χ0v) is 8.52. The van der Waals surface area contributed by atoms with Gasteiger partial charge in [0.1, 0.15) is 11.8 Å². The largest absolute Gasteiger partial charge is 0.451 e. The molecule has 0 fully saturated rings. The van der Waals surface area contributed by atoms with Crippen molar-refractivity contribution in [3.8, 4) is 0 Å². The van der Waals surface area contributed by atoms with E-state index in [2.05, 4.69) is 15.0 Å². The number of aromatic nitrogens is 4. The number of hydrogen-bond donors (Lipinski definition) is 0. The number of hydrogen-bond acceptors (Lipinski definition) is 4. The smallest absolute Gasteiger partial charge is 0.316 e. The lowest BCUT2D eigenvalue weighted by molar-refractivity contribution is -0.144. The highest BCUT2D eigenvalue weighted by Crippen LogP contribution is 2.26. The first-order valence-electron chi connectivity index (χ1n) is 4.34. The van der Waals surface area contributed by atoms with Gasteiger partial charge in [-0.25, -0.2) is 19.6 Å². The average molecular weight is 231 g/mol. The maximum Gasteiger partial charge on any atom is 0.451 e. The molecule has 0 amide bonds. The topological polar surface area (TPSA) is 46.8 Å². The minimum Gasteiger partial charge on any atom is -0.316 e. The van der Waals surface area contributed by atoms with Crippen molar-refractivity contribution in [2.45, 2.75) is 6.18 Å². The summed E-state index contributed by atoms with van der Waals surface area (Å²) >= 11 is 0. The van der Waals surface area contributed by atoms with Crippen LogP contribution in [0.25, 0.3) is 11.2 Å². The highest BCUT2D eigenvalue weighted by atomic mass is 19.4. The van der Waals surface area contributed by atoms with Gasteiger partial charge in [-0.2, -0.15) is 13.2 Å². The fourth-order valence-corrected chi connectivity index (χ4v) is 1.23. The number of halogens is 3. The molecule has 2 aromatic heterocycles. The van der Waals surface area contributed by atoms with Gasteiger partial charge in [-0.05, 0) is 0 Å². The molecule has 0 N–H and O–H groups in total. The van der Waals surface area contributed by atoms with Crippen molar-refractivity contribution in [2.24, 2.45) is 0 Å². The fraction of sp³-hybridized carbons (Fsp3) is 0.375. The van der Waals surface area contributed by atoms with Crippen molar-refractivity contribution in [3.05, 3.63) is 18.3 Å². The molecule has 0 unspecified atom stereocenters. The van der Waals surface area contributed by atoms with E-state index in [-0.39, 0.29) is 5.65 Å². The van der Waals surface area contributed by atoms with Gasteiger partial charge in [-0.1, -0.05) is 0 Å². The van der Waals surface area contributed by atoms with Crippen molar-refractivity contribution >= 4 is 11.2 Å². The van der Waals surface area contributed by atoms with E-state index >= 15 is 0 Å². The Morgan fingerprint density at radius 2 is 1.94 bits per heavy atom. The van der Waals surface area contributed by atoms with E-state index in [1.54, 1.807) is 19.1 Å². The molecular formula is C8H8F3N5. The van der Waals surface area contributed by atoms with Gasteiger partial charge in [0.05, 0.1) is 6.20 Å². The number of alkyl halides is 3. The monoisotopic (exact) mass is 231 g/mol. The Morgan fingerprint density at radius 1 is 1.25 bits per heavy atom. The van der Waals surface area contributed by atoms with Gasteiger partial charge in [0.15, 0.2) is 5.65 Å². The molecule has 0 bridgehead atoms. The molecule has 0 aliphatic heterocycles. The van der Waals surface area contributed by atoms with Crippen LogP contribution >= 0.6 is 0 Å². The van der Waals surface area contributed by atoms with Gasteiger partial charge < -0.3 is 5.01 Å². The van der Waals surface area contributed by atoms with E-state index in [1.165, 1.54) is 11.0 Å². The summed E-state index contributed by atoms with van der Waals surface area (Å²) in [7, 11) is 3.35. The van der Waals surface area contributed by atoms with Crippen LogP contribution in [0.5, 0.6) is 0 Å². The molecule has 2 heterocycles. The molecule has 86 valence electrons. The second-order valence-electron chi connectivity index (χ2n) is 3.34. The molecule has 0 radical (unpaired) electrons. The van der Waals surface area contributed by atoms with Crippen LogP contribution in [0, 0.1) is 0 Å². The van der Waals surface area contributed by atoms with Gasteiger partial charge in [-0.15, -0.1) is 0 Å². The van der Waals surface area contributed by atoms with Crippen LogP contribution in [-0.2, 0) is 6.18 Å². The van der Waals surface area contributed by atoms with Crippen molar-refractivity contribution in [3.63, 3.8) is 0 Å². The molecule has 2 aromatic rings. The molecule has 0 atom stereocenters. The summed E-state index contributed by atoms with van der Waals surface area (Å²) in [6.07, 6.45) is -2.10. The zero-order chi connectivity index (χ0) is 11.9. The molecule has 0 aliphatic rings. The van der Waals surface area contributed by atoms with Crippen LogP contribution in [0.15, 0.2) is 12.5 Å². The summed E-state index contributed by atoms with van der Waals surface area (Å²) < 4.78 is 38.6. The normalized spacial score (nSPS) is 12.1. The summed E-state index contributed by atoms with van der Waals surface area (Å²) in [6, 6.07) is 0. The highest BCUT2D eigenvalue weighted by molar-refractivity contribution is 5.69. The van der Waals surface area contributed by atoms with Gasteiger partial charge in [0.2, 0.25) is 5.82 Å². The minimum atomic E-state index is -4.55. The number of nitrogens with zero attached hydrogens (tertiary/aromatic N) is 5. The molecule has 0 aliphatic carbocycles. The first-order valence-corrected chi connectivity index (χ1v) is 4.34. The lowest BCUT2D eigenvalue weighted by Crippen LogP contribution is -2.24. The Morgan fingerprint density at radius 3 is 2.50 bits per heavy atom. The van der Waals surface area contributed by atoms with Gasteiger partial charge >= 0.3 is 6.18 Å². The van der Waals surface area contributed by atoms with Crippen molar-refractivity contribution in [2.75, 3.05) is 19.1 Å². The second-order valence-corrected chi connectivity index (χ2v) is 3.34. The van der Waals surface area contributed by atoms with E-state index in [9.17, 15) is 13.2 Å². The Bertz CT molecular complexity index is 516. The number of fused-ring (bicyclic) bond motifs is 1. The van der Waals surface area contributed by atoms with Crippen LogP contribution in [0.4, 0.5) is 13.2 Å². The summed E-state index contributed by atoms with van der Waals surface area (Å²) in [6.45, 7) is 0. The van der Waals surface area contributed by atoms with Crippen LogP contribution < -0.4 is 5.01 Å². The van der Waals surface area contributed by atoms with E-state index in [4.69, 9.17) is 0 Å². The molecule has 0 spiro atoms. The van der Waals surface area contributed by atoms with E-state index in [1.807, 2.05) is 0 Å². The molecule has 0 aromatic carbocycles. The fourth-order valence-electron chi connectivity index (χ4n) is 1.23. The van der Waals surface area contributed by atoms with Crippen LogP contribution in [0.1, 0.15) is 5.82 Å². The first-order chi connectivity index (χ1) is 7.39. The Kier molecular flexibility index (Phi) is 2.21. The van der Waals surface area contributed by atoms with E-state index in [0.717, 1.165) is 6.20 Å². The Labute approximate surface area is 88.5 Å². The lowest BCUT2D eigenvalue weighted by atomic mass is 10.5. The highest BCUT2D eigenvalue weighted by Gasteiger charge is 2.35. The van der Waals surface area contributed by atoms with Crippen molar-refractivity contribution in [1.82, 2.24) is 19.6 Å². The average Bonchev–Trinajstić information content (AvgIpc) is 2.58. The predicted octanol–water partition coefficient (Wildman–Crippen LogP) is 1.04. The van der Waals surface area contributed by atoms with Crippen molar-refractivity contribution < 1.29 is 13.2 Å². The summed E-state index contributed by atoms with van der Waals surface area (Å²) in [5, 5.41) is 1.57. The standard InChI is InChI=1S/C8H8F3N5/c1-15(2)16-4-13-5-3-12-7(8(9,10)11)14-6(5)16/h3-4H,1-2H3. The lowest BCUT2D eigenvalue weighted by Gasteiger charge is -2.13. The van der Waals surface area contributed by atoms with Gasteiger partial charge in [0, 0.05) is 14.1 Å². The molecule has 8 heteroatoms. The quantitative estimate of drug-likeness (QED) is 0.735. The molecule has 5 nitrogen and oxygen atoms in total. The molecule has 0 saturated carbocycles. The number of imidazole rings is 1. The van der Waals surface area contributed by atoms with Gasteiger partial charge in [0.25, 0.3) is 0 Å².